The maximum absolute atomic E-state index is 5.87. The molecule has 0 saturated carbocycles. The fourth-order valence-electron chi connectivity index (χ4n) is 3.03. The van der Waals surface area contributed by atoms with Crippen molar-refractivity contribution in [2.75, 3.05) is 19.6 Å². The summed E-state index contributed by atoms with van der Waals surface area (Å²) >= 11 is 0. The fourth-order valence-corrected chi connectivity index (χ4v) is 3.03. The maximum Gasteiger partial charge on any atom is 0.151 e. The Kier molecular flexibility index (Phi) is 4.36. The Morgan fingerprint density at radius 2 is 2.14 bits per heavy atom. The summed E-state index contributed by atoms with van der Waals surface area (Å²) < 4.78 is 5.49. The highest BCUT2D eigenvalue weighted by Gasteiger charge is 2.25. The summed E-state index contributed by atoms with van der Waals surface area (Å²) in [4.78, 5) is 2.42. The predicted octanol–water partition coefficient (Wildman–Crippen LogP) is 2.76. The number of aromatic nitrogens is 1. The average molecular weight is 285 g/mol. The molecule has 1 aliphatic heterocycles. The molecule has 1 aromatic carbocycles. The van der Waals surface area contributed by atoms with Gasteiger partial charge in [-0.05, 0) is 31.3 Å². The van der Waals surface area contributed by atoms with Crippen LogP contribution in [0.2, 0.25) is 0 Å². The summed E-state index contributed by atoms with van der Waals surface area (Å²) in [5.41, 5.74) is 7.87. The highest BCUT2D eigenvalue weighted by molar-refractivity contribution is 5.58. The Morgan fingerprint density at radius 3 is 2.90 bits per heavy atom. The molecule has 0 amide bonds. The van der Waals surface area contributed by atoms with Crippen LogP contribution < -0.4 is 5.73 Å². The van der Waals surface area contributed by atoms with Crippen molar-refractivity contribution in [1.82, 2.24) is 10.1 Å². The molecule has 1 fully saturated rings. The van der Waals surface area contributed by atoms with E-state index in [9.17, 15) is 0 Å². The fraction of sp³-hybridized carbons (Fsp3) is 0.471. The third-order valence-electron chi connectivity index (χ3n) is 4.51. The lowest BCUT2D eigenvalue weighted by atomic mass is 9.87. The Hall–Kier alpha value is -1.65. The molecule has 2 unspecified atom stereocenters. The third-order valence-corrected chi connectivity index (χ3v) is 4.51. The van der Waals surface area contributed by atoms with Crippen LogP contribution in [0.3, 0.4) is 0 Å². The van der Waals surface area contributed by atoms with E-state index in [1.54, 1.807) is 0 Å². The Morgan fingerprint density at radius 1 is 1.33 bits per heavy atom. The van der Waals surface area contributed by atoms with Gasteiger partial charge < -0.3 is 10.3 Å². The number of rotatable bonds is 4. The van der Waals surface area contributed by atoms with Gasteiger partial charge in [-0.25, -0.2) is 0 Å². The Bertz CT molecular complexity index is 566. The number of nitrogens with two attached hydrogens (primary N) is 1. The summed E-state index contributed by atoms with van der Waals surface area (Å²) in [6.07, 6.45) is 1.21. The lowest BCUT2D eigenvalue weighted by Crippen LogP contribution is -2.42. The molecule has 1 aromatic heterocycles. The molecule has 1 saturated heterocycles. The van der Waals surface area contributed by atoms with E-state index in [4.69, 9.17) is 10.3 Å². The zero-order valence-electron chi connectivity index (χ0n) is 12.5. The molecule has 2 N–H and O–H groups in total. The van der Waals surface area contributed by atoms with E-state index in [1.807, 2.05) is 24.3 Å². The Balaban J connectivity index is 1.65. The number of piperidine rings is 1. The van der Waals surface area contributed by atoms with E-state index in [2.05, 4.69) is 29.1 Å². The number of likely N-dealkylation sites (tertiary alicyclic amines) is 1. The number of hydrogen-bond donors (Lipinski definition) is 1. The van der Waals surface area contributed by atoms with Crippen LogP contribution in [-0.4, -0.2) is 29.7 Å². The van der Waals surface area contributed by atoms with E-state index in [-0.39, 0.29) is 0 Å². The molecular weight excluding hydrogens is 262 g/mol. The van der Waals surface area contributed by atoms with Crippen molar-refractivity contribution in [1.29, 1.82) is 0 Å². The van der Waals surface area contributed by atoms with Crippen LogP contribution >= 0.6 is 0 Å². The molecule has 21 heavy (non-hydrogen) atoms. The second-order valence-corrected chi connectivity index (χ2v) is 6.04. The standard InChI is InChI=1S/C17H23N3O/c1-13-7-8-20(11-15(13)10-18)12-16-9-17(19-21-16)14-5-3-2-4-6-14/h2-6,9,13,15H,7-8,10-12,18H2,1H3. The SMILES string of the molecule is CC1CCN(Cc2cc(-c3ccccc3)no2)CC1CN. The van der Waals surface area contributed by atoms with E-state index < -0.39 is 0 Å². The molecule has 0 radical (unpaired) electrons. The van der Waals surface area contributed by atoms with Gasteiger partial charge >= 0.3 is 0 Å². The van der Waals surface area contributed by atoms with Crippen molar-refractivity contribution in [3.05, 3.63) is 42.2 Å². The Labute approximate surface area is 125 Å². The quantitative estimate of drug-likeness (QED) is 0.938. The molecule has 2 aromatic rings. The largest absolute Gasteiger partial charge is 0.359 e. The first kappa shape index (κ1) is 14.3. The molecule has 2 atom stereocenters. The van der Waals surface area contributed by atoms with Crippen LogP contribution in [0.15, 0.2) is 40.9 Å². The summed E-state index contributed by atoms with van der Waals surface area (Å²) in [6.45, 7) is 6.06. The van der Waals surface area contributed by atoms with Crippen LogP contribution in [-0.2, 0) is 6.54 Å². The van der Waals surface area contributed by atoms with Crippen molar-refractivity contribution in [2.24, 2.45) is 17.6 Å². The maximum atomic E-state index is 5.87. The highest BCUT2D eigenvalue weighted by Crippen LogP contribution is 2.25. The first-order chi connectivity index (χ1) is 10.3. The molecule has 4 heteroatoms. The van der Waals surface area contributed by atoms with Crippen LogP contribution in [0.1, 0.15) is 19.1 Å². The van der Waals surface area contributed by atoms with Crippen LogP contribution in [0.5, 0.6) is 0 Å². The van der Waals surface area contributed by atoms with E-state index in [0.717, 1.165) is 49.1 Å². The minimum Gasteiger partial charge on any atom is -0.359 e. The lowest BCUT2D eigenvalue weighted by Gasteiger charge is -2.35. The third kappa shape index (κ3) is 3.34. The summed E-state index contributed by atoms with van der Waals surface area (Å²) in [5.74, 6) is 2.25. The normalized spacial score (nSPS) is 23.3. The van der Waals surface area contributed by atoms with Gasteiger partial charge in [0, 0.05) is 18.2 Å². The zero-order valence-corrected chi connectivity index (χ0v) is 12.5. The van der Waals surface area contributed by atoms with Crippen molar-refractivity contribution in [3.8, 4) is 11.3 Å². The second-order valence-electron chi connectivity index (χ2n) is 6.04. The van der Waals surface area contributed by atoms with E-state index >= 15 is 0 Å². The van der Waals surface area contributed by atoms with Gasteiger partial charge in [0.15, 0.2) is 5.76 Å². The molecule has 3 rings (SSSR count). The number of nitrogens with zero attached hydrogens (tertiary/aromatic N) is 2. The van der Waals surface area contributed by atoms with Gasteiger partial charge in [0.1, 0.15) is 5.69 Å². The molecule has 2 heterocycles. The summed E-state index contributed by atoms with van der Waals surface area (Å²) in [6, 6.07) is 12.2. The summed E-state index contributed by atoms with van der Waals surface area (Å²) in [5, 5.41) is 4.18. The second kappa shape index (κ2) is 6.41. The molecule has 0 bridgehead atoms. The molecular formula is C17H23N3O. The van der Waals surface area contributed by atoms with E-state index in [1.165, 1.54) is 6.42 Å². The van der Waals surface area contributed by atoms with Crippen molar-refractivity contribution in [3.63, 3.8) is 0 Å². The first-order valence-electron chi connectivity index (χ1n) is 7.69. The molecule has 0 spiro atoms. The molecule has 112 valence electrons. The topological polar surface area (TPSA) is 55.3 Å². The summed E-state index contributed by atoms with van der Waals surface area (Å²) in [7, 11) is 0. The molecule has 0 aliphatic carbocycles. The average Bonchev–Trinajstić information content (AvgIpc) is 2.98. The number of hydrogen-bond acceptors (Lipinski definition) is 4. The van der Waals surface area contributed by atoms with Crippen molar-refractivity contribution >= 4 is 0 Å². The van der Waals surface area contributed by atoms with E-state index in [0.29, 0.717) is 5.92 Å². The van der Waals surface area contributed by atoms with Crippen LogP contribution in [0.25, 0.3) is 11.3 Å². The van der Waals surface area contributed by atoms with Gasteiger partial charge in [0.2, 0.25) is 0 Å². The van der Waals surface area contributed by atoms with Gasteiger partial charge in [-0.1, -0.05) is 42.4 Å². The first-order valence-corrected chi connectivity index (χ1v) is 7.69. The predicted molar refractivity (Wildman–Crippen MR) is 83.5 cm³/mol. The van der Waals surface area contributed by atoms with Gasteiger partial charge in [-0.3, -0.25) is 4.90 Å². The monoisotopic (exact) mass is 285 g/mol. The minimum absolute atomic E-state index is 0.593. The number of benzene rings is 1. The lowest BCUT2D eigenvalue weighted by molar-refractivity contribution is 0.116. The van der Waals surface area contributed by atoms with Crippen LogP contribution in [0.4, 0.5) is 0 Å². The van der Waals surface area contributed by atoms with Gasteiger partial charge in [-0.15, -0.1) is 0 Å². The van der Waals surface area contributed by atoms with Crippen LogP contribution in [0, 0.1) is 11.8 Å². The van der Waals surface area contributed by atoms with Crippen molar-refractivity contribution < 1.29 is 4.52 Å². The smallest absolute Gasteiger partial charge is 0.151 e. The van der Waals surface area contributed by atoms with Crippen molar-refractivity contribution in [2.45, 2.75) is 19.9 Å². The minimum atomic E-state index is 0.593. The zero-order chi connectivity index (χ0) is 14.7. The van der Waals surface area contributed by atoms with Gasteiger partial charge in [-0.2, -0.15) is 0 Å². The molecule has 1 aliphatic rings. The molecule has 4 nitrogen and oxygen atoms in total. The highest BCUT2D eigenvalue weighted by atomic mass is 16.5. The van der Waals surface area contributed by atoms with Gasteiger partial charge in [0.25, 0.3) is 0 Å². The van der Waals surface area contributed by atoms with Gasteiger partial charge in [0.05, 0.1) is 6.54 Å².